The highest BCUT2D eigenvalue weighted by Gasteiger charge is 2.25. The molecule has 0 unspecified atom stereocenters. The minimum Gasteiger partial charge on any atom is -0.504 e. The smallest absolute Gasteiger partial charge is 0.345 e. The van der Waals surface area contributed by atoms with E-state index in [0.29, 0.717) is 24.5 Å². The summed E-state index contributed by atoms with van der Waals surface area (Å²) in [4.78, 5) is 19.7. The van der Waals surface area contributed by atoms with E-state index in [2.05, 4.69) is 15.3 Å². The lowest BCUT2D eigenvalue weighted by Gasteiger charge is -2.02. The molecular weight excluding hydrogens is 314 g/mol. The van der Waals surface area contributed by atoms with Gasteiger partial charge in [-0.1, -0.05) is 0 Å². The Kier molecular flexibility index (Phi) is 4.30. The van der Waals surface area contributed by atoms with Crippen LogP contribution in [0.3, 0.4) is 0 Å². The highest BCUT2D eigenvalue weighted by molar-refractivity contribution is 6.21. The number of nitrogens with zero attached hydrogens (tertiary/aromatic N) is 2. The number of aliphatic imine (C=N–C) groups is 1. The van der Waals surface area contributed by atoms with Crippen LogP contribution >= 0.6 is 0 Å². The van der Waals surface area contributed by atoms with Crippen LogP contribution in [0.4, 0.5) is 11.7 Å². The monoisotopic (exact) mass is 329 g/mol. The summed E-state index contributed by atoms with van der Waals surface area (Å²) in [6.07, 6.45) is 4.74. The van der Waals surface area contributed by atoms with Gasteiger partial charge >= 0.3 is 5.97 Å². The van der Waals surface area contributed by atoms with Crippen molar-refractivity contribution in [2.45, 2.75) is 0 Å². The van der Waals surface area contributed by atoms with E-state index >= 15 is 0 Å². The summed E-state index contributed by atoms with van der Waals surface area (Å²) in [6, 6.07) is 3.60. The number of furan rings is 1. The first-order valence-electron chi connectivity index (χ1n) is 7.15. The number of hydrogen-bond donors (Lipinski definition) is 3. The fraction of sp³-hybridized carbons (Fsp3) is 0.188. The molecule has 24 heavy (non-hydrogen) atoms. The average molecular weight is 329 g/mol. The maximum Gasteiger partial charge on any atom is 0.345 e. The minimum absolute atomic E-state index is 0.0229. The standard InChI is InChI=1S/C16H15N3O5/c1-23-6-5-18-15-12(16(21)22)13(20)11(24-15)7-9-8-19-14-10(9)3-2-4-17-14/h2-4,7-8,18,20H,5-6H2,1H3,(H,21,22). The summed E-state index contributed by atoms with van der Waals surface area (Å²) in [7, 11) is 1.53. The van der Waals surface area contributed by atoms with Crippen molar-refractivity contribution in [3.8, 4) is 5.75 Å². The molecule has 3 heterocycles. The molecule has 0 saturated carbocycles. The van der Waals surface area contributed by atoms with Crippen molar-refractivity contribution < 1.29 is 24.2 Å². The topological polar surface area (TPSA) is 117 Å². The number of hydrogen-bond acceptors (Lipinski definition) is 7. The molecule has 1 aliphatic rings. The van der Waals surface area contributed by atoms with Gasteiger partial charge in [0.25, 0.3) is 0 Å². The second-order valence-electron chi connectivity index (χ2n) is 4.98. The number of ether oxygens (including phenoxy) is 1. The van der Waals surface area contributed by atoms with Gasteiger partial charge in [0.05, 0.1) is 6.61 Å². The Morgan fingerprint density at radius 2 is 2.33 bits per heavy atom. The molecule has 0 radical (unpaired) electrons. The molecule has 0 amide bonds. The SMILES string of the molecule is COCCNc1oc(C=C2C=Nc3ncccc32)c(O)c1C(=O)O. The van der Waals surface area contributed by atoms with Gasteiger partial charge in [-0.2, -0.15) is 0 Å². The molecule has 2 aromatic heterocycles. The second-order valence-corrected chi connectivity index (χ2v) is 4.98. The zero-order valence-electron chi connectivity index (χ0n) is 12.8. The maximum atomic E-state index is 11.4. The third kappa shape index (κ3) is 2.86. The number of anilines is 1. The predicted octanol–water partition coefficient (Wildman–Crippen LogP) is 2.39. The van der Waals surface area contributed by atoms with Crippen LogP contribution < -0.4 is 5.32 Å². The quantitative estimate of drug-likeness (QED) is 0.696. The Morgan fingerprint density at radius 3 is 3.08 bits per heavy atom. The van der Waals surface area contributed by atoms with Gasteiger partial charge < -0.3 is 24.7 Å². The molecule has 0 aliphatic carbocycles. The Hall–Kier alpha value is -3.13. The number of methoxy groups -OCH3 is 1. The van der Waals surface area contributed by atoms with E-state index in [1.54, 1.807) is 18.5 Å². The van der Waals surface area contributed by atoms with Gasteiger partial charge in [0, 0.05) is 37.2 Å². The summed E-state index contributed by atoms with van der Waals surface area (Å²) in [5.74, 6) is -1.16. The van der Waals surface area contributed by atoms with Gasteiger partial charge in [0.15, 0.2) is 22.9 Å². The lowest BCUT2D eigenvalue weighted by molar-refractivity contribution is 0.0694. The molecule has 0 bridgehead atoms. The molecule has 3 rings (SSSR count). The van der Waals surface area contributed by atoms with E-state index in [4.69, 9.17) is 9.15 Å². The van der Waals surface area contributed by atoms with E-state index < -0.39 is 11.7 Å². The van der Waals surface area contributed by atoms with E-state index in [1.807, 2.05) is 6.07 Å². The van der Waals surface area contributed by atoms with Crippen LogP contribution in [0.25, 0.3) is 11.6 Å². The van der Waals surface area contributed by atoms with Crippen molar-refractivity contribution >= 4 is 35.5 Å². The zero-order chi connectivity index (χ0) is 17.1. The van der Waals surface area contributed by atoms with Crippen molar-refractivity contribution in [1.29, 1.82) is 0 Å². The first-order chi connectivity index (χ1) is 11.6. The number of nitrogens with one attached hydrogen (secondary N) is 1. The lowest BCUT2D eigenvalue weighted by atomic mass is 10.1. The van der Waals surface area contributed by atoms with Gasteiger partial charge in [0.1, 0.15) is 0 Å². The fourth-order valence-electron chi connectivity index (χ4n) is 2.31. The van der Waals surface area contributed by atoms with Gasteiger partial charge in [0.2, 0.25) is 5.88 Å². The first kappa shape index (κ1) is 15.8. The van der Waals surface area contributed by atoms with E-state index in [-0.39, 0.29) is 17.2 Å². The predicted molar refractivity (Wildman–Crippen MR) is 88.0 cm³/mol. The highest BCUT2D eigenvalue weighted by atomic mass is 16.5. The fourth-order valence-corrected chi connectivity index (χ4v) is 2.31. The summed E-state index contributed by atoms with van der Waals surface area (Å²) in [6.45, 7) is 0.705. The summed E-state index contributed by atoms with van der Waals surface area (Å²) in [5, 5.41) is 22.3. The van der Waals surface area contributed by atoms with Gasteiger partial charge in [-0.05, 0) is 18.2 Å². The number of aromatic carboxylic acids is 1. The maximum absolute atomic E-state index is 11.4. The van der Waals surface area contributed by atoms with Crippen LogP contribution in [-0.4, -0.2) is 47.6 Å². The van der Waals surface area contributed by atoms with Crippen molar-refractivity contribution in [2.75, 3.05) is 25.6 Å². The Balaban J connectivity index is 1.97. The third-order valence-corrected chi connectivity index (χ3v) is 3.43. The molecular formula is C16H15N3O5. The highest BCUT2D eigenvalue weighted by Crippen LogP contribution is 2.37. The summed E-state index contributed by atoms with van der Waals surface area (Å²) >= 11 is 0. The zero-order valence-corrected chi connectivity index (χ0v) is 12.8. The minimum atomic E-state index is -1.29. The van der Waals surface area contributed by atoms with E-state index in [1.165, 1.54) is 13.2 Å². The third-order valence-electron chi connectivity index (χ3n) is 3.43. The number of carboxylic acids is 1. The second kappa shape index (κ2) is 6.55. The molecule has 0 spiro atoms. The molecule has 0 atom stereocenters. The number of pyridine rings is 1. The van der Waals surface area contributed by atoms with Crippen molar-refractivity contribution in [2.24, 2.45) is 4.99 Å². The van der Waals surface area contributed by atoms with Crippen molar-refractivity contribution in [1.82, 2.24) is 4.98 Å². The number of aromatic nitrogens is 1. The van der Waals surface area contributed by atoms with Crippen LogP contribution in [0.1, 0.15) is 21.7 Å². The average Bonchev–Trinajstić information content (AvgIpc) is 3.10. The number of carboxylic acid groups (broad SMARTS) is 1. The molecule has 8 nitrogen and oxygen atoms in total. The van der Waals surface area contributed by atoms with Crippen LogP contribution in [0.15, 0.2) is 27.7 Å². The van der Waals surface area contributed by atoms with Crippen molar-refractivity contribution in [3.05, 3.63) is 35.2 Å². The summed E-state index contributed by atoms with van der Waals surface area (Å²) in [5.41, 5.74) is 1.13. The van der Waals surface area contributed by atoms with Gasteiger partial charge in [-0.15, -0.1) is 0 Å². The lowest BCUT2D eigenvalue weighted by Crippen LogP contribution is -2.09. The number of aromatic hydroxyl groups is 1. The van der Waals surface area contributed by atoms with Crippen LogP contribution in [0.5, 0.6) is 5.75 Å². The van der Waals surface area contributed by atoms with Crippen LogP contribution in [-0.2, 0) is 4.74 Å². The molecule has 124 valence electrons. The molecule has 3 N–H and O–H groups in total. The molecule has 0 saturated heterocycles. The van der Waals surface area contributed by atoms with E-state index in [9.17, 15) is 15.0 Å². The molecule has 1 aliphatic heterocycles. The first-order valence-corrected chi connectivity index (χ1v) is 7.15. The molecule has 2 aromatic rings. The molecule has 0 fully saturated rings. The van der Waals surface area contributed by atoms with Gasteiger partial charge in [-0.25, -0.2) is 14.8 Å². The van der Waals surface area contributed by atoms with Gasteiger partial charge in [-0.3, -0.25) is 0 Å². The Bertz CT molecular complexity index is 838. The number of fused-ring (bicyclic) bond motifs is 1. The number of allylic oxidation sites excluding steroid dienone is 1. The largest absolute Gasteiger partial charge is 0.504 e. The normalized spacial score (nSPS) is 14.1. The van der Waals surface area contributed by atoms with Crippen molar-refractivity contribution in [3.63, 3.8) is 0 Å². The van der Waals surface area contributed by atoms with Crippen LogP contribution in [0.2, 0.25) is 0 Å². The summed E-state index contributed by atoms with van der Waals surface area (Å²) < 4.78 is 10.4. The van der Waals surface area contributed by atoms with E-state index in [0.717, 1.165) is 5.56 Å². The molecule has 0 aromatic carbocycles. The Morgan fingerprint density at radius 1 is 1.50 bits per heavy atom. The number of rotatable bonds is 6. The number of carbonyl (C=O) groups is 1. The van der Waals surface area contributed by atoms with Crippen LogP contribution in [0, 0.1) is 0 Å². The Labute approximate surface area is 137 Å². The molecule has 8 heteroatoms.